The van der Waals surface area contributed by atoms with Crippen LogP contribution >= 0.6 is 0 Å². The van der Waals surface area contributed by atoms with Crippen molar-refractivity contribution in [3.63, 3.8) is 0 Å². The molecule has 32 heavy (non-hydrogen) atoms. The fourth-order valence-corrected chi connectivity index (χ4v) is 3.99. The number of imidazole rings is 1. The molecule has 0 saturated carbocycles. The fourth-order valence-electron chi connectivity index (χ4n) is 3.99. The summed E-state index contributed by atoms with van der Waals surface area (Å²) in [5.41, 5.74) is 5.41. The van der Waals surface area contributed by atoms with Crippen LogP contribution in [-0.2, 0) is 13.0 Å². The molecule has 0 aliphatic heterocycles. The minimum atomic E-state index is -0.146. The smallest absolute Gasteiger partial charge is 0.276 e. The molecule has 0 saturated heterocycles. The standard InChI is InChI=1S/C24H23N7O/c1-2-3-8-21-26-22-20(13-14-25-24(22)32)31(21)15-16-9-11-17(12-10-16)18-6-4-5-7-19(18)23-27-29-30-28-23/h4-7,9-14H,2-3,8,15H2,1H3,(H,25,32)(H,27,28,29,30). The third-order valence-electron chi connectivity index (χ3n) is 5.63. The lowest BCUT2D eigenvalue weighted by atomic mass is 9.98. The van der Waals surface area contributed by atoms with Crippen molar-refractivity contribution in [2.45, 2.75) is 32.7 Å². The average Bonchev–Trinajstić information content (AvgIpc) is 3.48. The second kappa shape index (κ2) is 8.58. The first-order chi connectivity index (χ1) is 15.7. The molecule has 0 spiro atoms. The van der Waals surface area contributed by atoms with Crippen molar-refractivity contribution in [2.75, 3.05) is 0 Å². The summed E-state index contributed by atoms with van der Waals surface area (Å²) in [5.74, 6) is 1.52. The molecule has 160 valence electrons. The number of nitrogens with one attached hydrogen (secondary N) is 2. The van der Waals surface area contributed by atoms with Crippen LogP contribution in [0.15, 0.2) is 65.6 Å². The van der Waals surface area contributed by atoms with E-state index in [-0.39, 0.29) is 5.56 Å². The van der Waals surface area contributed by atoms with Gasteiger partial charge in [0.2, 0.25) is 5.82 Å². The van der Waals surface area contributed by atoms with E-state index in [0.717, 1.165) is 52.9 Å². The SMILES string of the molecule is CCCCc1nc2c(=O)[nH]ccc2n1Cc1ccc(-c2ccccc2-c2nn[nH]n2)cc1. The van der Waals surface area contributed by atoms with Crippen LogP contribution in [0.1, 0.15) is 31.2 Å². The van der Waals surface area contributed by atoms with Crippen LogP contribution in [0.4, 0.5) is 0 Å². The zero-order chi connectivity index (χ0) is 21.9. The van der Waals surface area contributed by atoms with Crippen LogP contribution in [0.5, 0.6) is 0 Å². The Morgan fingerprint density at radius 1 is 1.00 bits per heavy atom. The minimum absolute atomic E-state index is 0.146. The third-order valence-corrected chi connectivity index (χ3v) is 5.63. The van der Waals surface area contributed by atoms with E-state index < -0.39 is 0 Å². The first-order valence-electron chi connectivity index (χ1n) is 10.7. The van der Waals surface area contributed by atoms with Crippen molar-refractivity contribution >= 4 is 11.0 Å². The van der Waals surface area contributed by atoms with Gasteiger partial charge in [-0.3, -0.25) is 4.79 Å². The van der Waals surface area contributed by atoms with Crippen LogP contribution < -0.4 is 5.56 Å². The molecule has 8 nitrogen and oxygen atoms in total. The number of fused-ring (bicyclic) bond motifs is 1. The summed E-state index contributed by atoms with van der Waals surface area (Å²) in [5, 5.41) is 14.4. The number of aryl methyl sites for hydroxylation is 1. The number of rotatable bonds is 7. The lowest BCUT2D eigenvalue weighted by molar-refractivity contribution is 0.690. The highest BCUT2D eigenvalue weighted by atomic mass is 16.1. The molecule has 0 bridgehead atoms. The maximum absolute atomic E-state index is 12.3. The number of tetrazole rings is 1. The Labute approximate surface area is 184 Å². The predicted octanol–water partition coefficient (Wildman–Crippen LogP) is 3.96. The summed E-state index contributed by atoms with van der Waals surface area (Å²) >= 11 is 0. The number of pyridine rings is 1. The van der Waals surface area contributed by atoms with E-state index >= 15 is 0 Å². The van der Waals surface area contributed by atoms with Gasteiger partial charge in [0.05, 0.1) is 5.52 Å². The molecule has 2 N–H and O–H groups in total. The summed E-state index contributed by atoms with van der Waals surface area (Å²) in [6, 6.07) is 18.4. The highest BCUT2D eigenvalue weighted by molar-refractivity contribution is 5.80. The second-order valence-corrected chi connectivity index (χ2v) is 7.74. The van der Waals surface area contributed by atoms with Gasteiger partial charge in [-0.2, -0.15) is 5.21 Å². The monoisotopic (exact) mass is 425 g/mol. The summed E-state index contributed by atoms with van der Waals surface area (Å²) in [7, 11) is 0. The van der Waals surface area contributed by atoms with Crippen LogP contribution in [0.25, 0.3) is 33.5 Å². The molecule has 5 aromatic rings. The molecule has 0 amide bonds. The van der Waals surface area contributed by atoms with Gasteiger partial charge < -0.3 is 9.55 Å². The van der Waals surface area contributed by atoms with Gasteiger partial charge in [-0.25, -0.2) is 4.98 Å². The molecule has 0 radical (unpaired) electrons. The number of benzene rings is 2. The molecule has 0 aliphatic carbocycles. The second-order valence-electron chi connectivity index (χ2n) is 7.74. The highest BCUT2D eigenvalue weighted by Gasteiger charge is 2.14. The Morgan fingerprint density at radius 2 is 1.81 bits per heavy atom. The van der Waals surface area contributed by atoms with E-state index in [1.165, 1.54) is 0 Å². The van der Waals surface area contributed by atoms with E-state index in [4.69, 9.17) is 0 Å². The van der Waals surface area contributed by atoms with Gasteiger partial charge in [0.1, 0.15) is 5.82 Å². The summed E-state index contributed by atoms with van der Waals surface area (Å²) in [6.07, 6.45) is 4.65. The van der Waals surface area contributed by atoms with Gasteiger partial charge >= 0.3 is 0 Å². The molecule has 0 aliphatic rings. The van der Waals surface area contributed by atoms with Crippen molar-refractivity contribution in [2.24, 2.45) is 0 Å². The summed E-state index contributed by atoms with van der Waals surface area (Å²) in [6.45, 7) is 2.82. The minimum Gasteiger partial charge on any atom is -0.327 e. The van der Waals surface area contributed by atoms with Crippen LogP contribution in [0.2, 0.25) is 0 Å². The van der Waals surface area contributed by atoms with Gasteiger partial charge in [-0.05, 0) is 34.4 Å². The van der Waals surface area contributed by atoms with Crippen molar-refractivity contribution in [1.29, 1.82) is 0 Å². The van der Waals surface area contributed by atoms with Gasteiger partial charge in [0, 0.05) is 24.7 Å². The van der Waals surface area contributed by atoms with E-state index in [9.17, 15) is 4.79 Å². The maximum atomic E-state index is 12.3. The van der Waals surface area contributed by atoms with Crippen LogP contribution in [-0.4, -0.2) is 35.2 Å². The van der Waals surface area contributed by atoms with Crippen molar-refractivity contribution < 1.29 is 0 Å². The molecule has 0 fully saturated rings. The molecular formula is C24H23N7O. The molecule has 0 atom stereocenters. The number of aromatic amines is 2. The molecule has 3 aromatic heterocycles. The number of hydrogen-bond acceptors (Lipinski definition) is 5. The van der Waals surface area contributed by atoms with E-state index in [2.05, 4.69) is 72.4 Å². The van der Waals surface area contributed by atoms with Crippen molar-refractivity contribution in [3.05, 3.63) is 82.5 Å². The number of aromatic nitrogens is 7. The van der Waals surface area contributed by atoms with Gasteiger partial charge in [-0.1, -0.05) is 61.9 Å². The number of hydrogen-bond donors (Lipinski definition) is 2. The van der Waals surface area contributed by atoms with Gasteiger partial charge in [0.25, 0.3) is 5.56 Å². The Balaban J connectivity index is 1.49. The largest absolute Gasteiger partial charge is 0.327 e. The summed E-state index contributed by atoms with van der Waals surface area (Å²) < 4.78 is 2.16. The molecule has 2 aromatic carbocycles. The van der Waals surface area contributed by atoms with Crippen LogP contribution in [0, 0.1) is 0 Å². The Bertz CT molecular complexity index is 1400. The topological polar surface area (TPSA) is 105 Å². The number of nitrogens with zero attached hydrogens (tertiary/aromatic N) is 5. The maximum Gasteiger partial charge on any atom is 0.276 e. The Hall–Kier alpha value is -4.07. The van der Waals surface area contributed by atoms with Gasteiger partial charge in [0.15, 0.2) is 5.52 Å². The molecular weight excluding hydrogens is 402 g/mol. The van der Waals surface area contributed by atoms with E-state index in [0.29, 0.717) is 17.9 Å². The quantitative estimate of drug-likeness (QED) is 0.411. The molecule has 5 rings (SSSR count). The Morgan fingerprint density at radius 3 is 2.56 bits per heavy atom. The lowest BCUT2D eigenvalue weighted by Crippen LogP contribution is -2.06. The molecule has 8 heteroatoms. The summed E-state index contributed by atoms with van der Waals surface area (Å²) in [4.78, 5) is 19.6. The number of H-pyrrole nitrogens is 2. The van der Waals surface area contributed by atoms with Crippen molar-refractivity contribution in [1.82, 2.24) is 35.2 Å². The third kappa shape index (κ3) is 3.71. The molecule has 3 heterocycles. The first kappa shape index (κ1) is 19.9. The predicted molar refractivity (Wildman–Crippen MR) is 123 cm³/mol. The Kier molecular flexibility index (Phi) is 5.33. The normalized spacial score (nSPS) is 11.3. The fraction of sp³-hybridized carbons (Fsp3) is 0.208. The molecule has 0 unspecified atom stereocenters. The zero-order valence-corrected chi connectivity index (χ0v) is 17.7. The van der Waals surface area contributed by atoms with Crippen molar-refractivity contribution in [3.8, 4) is 22.5 Å². The lowest BCUT2D eigenvalue weighted by Gasteiger charge is -2.11. The van der Waals surface area contributed by atoms with Crippen LogP contribution in [0.3, 0.4) is 0 Å². The van der Waals surface area contributed by atoms with Gasteiger partial charge in [-0.15, -0.1) is 10.2 Å². The average molecular weight is 425 g/mol. The van der Waals surface area contributed by atoms with E-state index in [1.807, 2.05) is 24.3 Å². The highest BCUT2D eigenvalue weighted by Crippen LogP contribution is 2.30. The zero-order valence-electron chi connectivity index (χ0n) is 17.7. The first-order valence-corrected chi connectivity index (χ1v) is 10.7. The van der Waals surface area contributed by atoms with E-state index in [1.54, 1.807) is 6.20 Å². The number of unbranched alkanes of at least 4 members (excludes halogenated alkanes) is 1.